The van der Waals surface area contributed by atoms with Crippen molar-refractivity contribution >= 4 is 18.3 Å². The Labute approximate surface area is 111 Å². The summed E-state index contributed by atoms with van der Waals surface area (Å²) in [5.41, 5.74) is 0.107. The van der Waals surface area contributed by atoms with Crippen molar-refractivity contribution in [3.8, 4) is 0 Å². The average Bonchev–Trinajstić information content (AvgIpc) is 2.36. The van der Waals surface area contributed by atoms with Crippen LogP contribution in [0, 0.1) is 5.41 Å². The first kappa shape index (κ1) is 14.8. The van der Waals surface area contributed by atoms with Gasteiger partial charge in [0.05, 0.1) is 0 Å². The molecular weight excluding hydrogens is 236 g/mol. The molecule has 2 rings (SSSR count). The van der Waals surface area contributed by atoms with Crippen molar-refractivity contribution < 1.29 is 4.79 Å². The molecule has 2 aliphatic rings. The Bertz CT molecular complexity index is 261. The number of hydrogen-bond donors (Lipinski definition) is 1. The molecular formula is C13H25ClN2O. The van der Waals surface area contributed by atoms with Gasteiger partial charge in [0.25, 0.3) is 0 Å². The summed E-state index contributed by atoms with van der Waals surface area (Å²) >= 11 is 0. The number of rotatable bonds is 1. The zero-order valence-electron chi connectivity index (χ0n) is 11.2. The first-order chi connectivity index (χ1) is 7.47. The first-order valence-electron chi connectivity index (χ1n) is 6.49. The Hall–Kier alpha value is -0.280. The van der Waals surface area contributed by atoms with E-state index in [0.29, 0.717) is 24.4 Å². The molecule has 2 aliphatic heterocycles. The van der Waals surface area contributed by atoms with Crippen LogP contribution in [0.1, 0.15) is 46.5 Å². The van der Waals surface area contributed by atoms with Crippen LogP contribution < -0.4 is 5.32 Å². The van der Waals surface area contributed by atoms with Crippen molar-refractivity contribution in [3.05, 3.63) is 0 Å². The summed E-state index contributed by atoms with van der Waals surface area (Å²) in [7, 11) is 0. The number of nitrogens with one attached hydrogen (secondary N) is 1. The van der Waals surface area contributed by atoms with Crippen molar-refractivity contribution in [2.75, 3.05) is 13.1 Å². The second-order valence-corrected chi connectivity index (χ2v) is 6.42. The van der Waals surface area contributed by atoms with Crippen LogP contribution in [0.15, 0.2) is 0 Å². The molecule has 2 bridgehead atoms. The molecule has 2 saturated heterocycles. The predicted octanol–water partition coefficient (Wildman–Crippen LogP) is 2.20. The van der Waals surface area contributed by atoms with Crippen LogP contribution in [0.5, 0.6) is 0 Å². The van der Waals surface area contributed by atoms with Gasteiger partial charge in [-0.3, -0.25) is 4.79 Å². The van der Waals surface area contributed by atoms with E-state index in [0.717, 1.165) is 19.5 Å². The van der Waals surface area contributed by atoms with Gasteiger partial charge in [0.2, 0.25) is 5.91 Å². The average molecular weight is 261 g/mol. The number of fused-ring (bicyclic) bond motifs is 2. The van der Waals surface area contributed by atoms with Crippen molar-refractivity contribution in [2.24, 2.45) is 5.41 Å². The van der Waals surface area contributed by atoms with Crippen molar-refractivity contribution in [2.45, 2.75) is 58.5 Å². The normalized spacial score (nSPS) is 28.5. The number of hydrogen-bond acceptors (Lipinski definition) is 2. The van der Waals surface area contributed by atoms with Gasteiger partial charge < -0.3 is 10.2 Å². The quantitative estimate of drug-likeness (QED) is 0.784. The molecule has 17 heavy (non-hydrogen) atoms. The minimum absolute atomic E-state index is 0. The lowest BCUT2D eigenvalue weighted by Gasteiger charge is -2.30. The summed E-state index contributed by atoms with van der Waals surface area (Å²) in [6.45, 7) is 8.49. The van der Waals surface area contributed by atoms with Crippen molar-refractivity contribution in [3.63, 3.8) is 0 Å². The highest BCUT2D eigenvalue weighted by Crippen LogP contribution is 2.31. The van der Waals surface area contributed by atoms with Crippen molar-refractivity contribution in [1.29, 1.82) is 0 Å². The van der Waals surface area contributed by atoms with E-state index in [1.54, 1.807) is 0 Å². The van der Waals surface area contributed by atoms with Gasteiger partial charge in [-0.15, -0.1) is 12.4 Å². The van der Waals surface area contributed by atoms with Crippen LogP contribution in [-0.2, 0) is 4.79 Å². The molecule has 0 aromatic heterocycles. The summed E-state index contributed by atoms with van der Waals surface area (Å²) in [4.78, 5) is 14.5. The van der Waals surface area contributed by atoms with E-state index in [2.05, 4.69) is 31.0 Å². The van der Waals surface area contributed by atoms with Crippen LogP contribution in [0.4, 0.5) is 0 Å². The van der Waals surface area contributed by atoms with Gasteiger partial charge in [-0.2, -0.15) is 0 Å². The Balaban J connectivity index is 0.00000144. The van der Waals surface area contributed by atoms with Crippen molar-refractivity contribution in [1.82, 2.24) is 10.2 Å². The number of amides is 1. The number of nitrogens with zero attached hydrogens (tertiary/aromatic N) is 1. The van der Waals surface area contributed by atoms with Crippen LogP contribution >= 0.6 is 12.4 Å². The van der Waals surface area contributed by atoms with Crippen LogP contribution in [0.3, 0.4) is 0 Å². The largest absolute Gasteiger partial charge is 0.335 e. The molecule has 2 atom stereocenters. The topological polar surface area (TPSA) is 32.3 Å². The molecule has 0 aliphatic carbocycles. The van der Waals surface area contributed by atoms with Gasteiger partial charge in [-0.1, -0.05) is 20.8 Å². The van der Waals surface area contributed by atoms with Crippen LogP contribution in [0.2, 0.25) is 0 Å². The van der Waals surface area contributed by atoms with Crippen LogP contribution in [-0.4, -0.2) is 36.0 Å². The first-order valence-corrected chi connectivity index (χ1v) is 6.49. The van der Waals surface area contributed by atoms with E-state index in [1.807, 2.05) is 0 Å². The molecule has 0 spiro atoms. The SMILES string of the molecule is CC(C)(C)CC(=O)N1C2CCNCC1CC2.Cl. The third kappa shape index (κ3) is 3.59. The van der Waals surface area contributed by atoms with E-state index in [-0.39, 0.29) is 17.8 Å². The maximum atomic E-state index is 12.3. The maximum absolute atomic E-state index is 12.3. The van der Waals surface area contributed by atoms with Gasteiger partial charge in [0.15, 0.2) is 0 Å². The fourth-order valence-electron chi connectivity index (χ4n) is 2.93. The van der Waals surface area contributed by atoms with E-state index in [1.165, 1.54) is 12.8 Å². The van der Waals surface area contributed by atoms with Gasteiger partial charge in [0, 0.05) is 25.0 Å². The monoisotopic (exact) mass is 260 g/mol. The fraction of sp³-hybridized carbons (Fsp3) is 0.923. The molecule has 1 amide bonds. The lowest BCUT2D eigenvalue weighted by atomic mass is 9.91. The molecule has 4 heteroatoms. The summed E-state index contributed by atoms with van der Waals surface area (Å²) in [6.07, 6.45) is 4.21. The fourth-order valence-corrected chi connectivity index (χ4v) is 2.93. The zero-order chi connectivity index (χ0) is 11.8. The number of halogens is 1. The zero-order valence-corrected chi connectivity index (χ0v) is 12.0. The summed E-state index contributed by atoms with van der Waals surface area (Å²) in [6, 6.07) is 0.970. The molecule has 2 unspecified atom stereocenters. The molecule has 0 aromatic rings. The lowest BCUT2D eigenvalue weighted by molar-refractivity contribution is -0.135. The molecule has 3 nitrogen and oxygen atoms in total. The minimum Gasteiger partial charge on any atom is -0.335 e. The smallest absolute Gasteiger partial charge is 0.223 e. The highest BCUT2D eigenvalue weighted by atomic mass is 35.5. The highest BCUT2D eigenvalue weighted by Gasteiger charge is 2.38. The third-order valence-corrected chi connectivity index (χ3v) is 3.62. The van der Waals surface area contributed by atoms with E-state index in [4.69, 9.17) is 0 Å². The predicted molar refractivity (Wildman–Crippen MR) is 72.5 cm³/mol. The lowest BCUT2D eigenvalue weighted by Crippen LogP contribution is -2.43. The molecule has 2 heterocycles. The Morgan fingerprint density at radius 3 is 2.53 bits per heavy atom. The van der Waals surface area contributed by atoms with Gasteiger partial charge in [-0.25, -0.2) is 0 Å². The molecule has 0 radical (unpaired) electrons. The van der Waals surface area contributed by atoms with Gasteiger partial charge in [0.1, 0.15) is 0 Å². The van der Waals surface area contributed by atoms with E-state index < -0.39 is 0 Å². The highest BCUT2D eigenvalue weighted by molar-refractivity contribution is 5.85. The Morgan fingerprint density at radius 2 is 1.88 bits per heavy atom. The standard InChI is InChI=1S/C13H24N2O.ClH/c1-13(2,3)8-12(16)15-10-4-5-11(15)9-14-7-6-10;/h10-11,14H,4-9H2,1-3H3;1H. The molecule has 2 fully saturated rings. The summed E-state index contributed by atoms with van der Waals surface area (Å²) in [5.74, 6) is 0.365. The Morgan fingerprint density at radius 1 is 1.24 bits per heavy atom. The molecule has 0 saturated carbocycles. The van der Waals surface area contributed by atoms with E-state index in [9.17, 15) is 4.79 Å². The maximum Gasteiger partial charge on any atom is 0.223 e. The second-order valence-electron chi connectivity index (χ2n) is 6.42. The minimum atomic E-state index is 0. The summed E-state index contributed by atoms with van der Waals surface area (Å²) < 4.78 is 0. The molecule has 100 valence electrons. The van der Waals surface area contributed by atoms with E-state index >= 15 is 0 Å². The second kappa shape index (κ2) is 5.57. The Kier molecular flexibility index (Phi) is 4.85. The number of carbonyl (C=O) groups excluding carboxylic acids is 1. The van der Waals surface area contributed by atoms with Crippen LogP contribution in [0.25, 0.3) is 0 Å². The van der Waals surface area contributed by atoms with Gasteiger partial charge in [-0.05, 0) is 31.2 Å². The number of carbonyl (C=O) groups is 1. The summed E-state index contributed by atoms with van der Waals surface area (Å²) in [5, 5.41) is 3.43. The molecule has 1 N–H and O–H groups in total. The molecule has 0 aromatic carbocycles. The third-order valence-electron chi connectivity index (χ3n) is 3.62. The van der Waals surface area contributed by atoms with Gasteiger partial charge >= 0.3 is 0 Å².